The predicted molar refractivity (Wildman–Crippen MR) is 88.7 cm³/mol. The fraction of sp³-hybridized carbons (Fsp3) is 0.588. The van der Waals surface area contributed by atoms with Gasteiger partial charge in [-0.3, -0.25) is 4.79 Å². The number of hydrogen-bond acceptors (Lipinski definition) is 3. The summed E-state index contributed by atoms with van der Waals surface area (Å²) < 4.78 is 5.94. The molecule has 4 heteroatoms. The zero-order valence-electron chi connectivity index (χ0n) is 14.0. The van der Waals surface area contributed by atoms with Crippen LogP contribution in [0.15, 0.2) is 30.3 Å². The molecule has 21 heavy (non-hydrogen) atoms. The van der Waals surface area contributed by atoms with Crippen LogP contribution < -0.4 is 0 Å². The highest BCUT2D eigenvalue weighted by molar-refractivity contribution is 6.74. The van der Waals surface area contributed by atoms with E-state index in [2.05, 4.69) is 33.9 Å². The zero-order chi connectivity index (χ0) is 16.3. The molecule has 0 spiro atoms. The van der Waals surface area contributed by atoms with Crippen LogP contribution in [-0.2, 0) is 9.22 Å². The summed E-state index contributed by atoms with van der Waals surface area (Å²) in [7, 11) is -1.93. The van der Waals surface area contributed by atoms with Crippen LogP contribution in [0.3, 0.4) is 0 Å². The van der Waals surface area contributed by atoms with Crippen molar-refractivity contribution < 1.29 is 14.3 Å². The van der Waals surface area contributed by atoms with E-state index in [-0.39, 0.29) is 17.4 Å². The van der Waals surface area contributed by atoms with Gasteiger partial charge in [0.05, 0.1) is 12.7 Å². The Hall–Kier alpha value is -0.973. The minimum atomic E-state index is -1.93. The Bertz CT molecular complexity index is 463. The first kappa shape index (κ1) is 18.1. The van der Waals surface area contributed by atoms with E-state index in [0.717, 1.165) is 5.56 Å². The second-order valence-electron chi connectivity index (χ2n) is 7.16. The molecular weight excluding hydrogens is 280 g/mol. The average molecular weight is 308 g/mol. The molecule has 0 heterocycles. The summed E-state index contributed by atoms with van der Waals surface area (Å²) in [4.78, 5) is 12.3. The summed E-state index contributed by atoms with van der Waals surface area (Å²) in [5, 5.41) is 10.4. The van der Waals surface area contributed by atoms with Gasteiger partial charge in [-0.25, -0.2) is 0 Å². The number of carbonyl (C=O) groups is 1. The standard InChI is InChI=1S/C17H28O3Si/c1-13(16(19)14-10-8-7-9-11-14)15(18)12-20-21(5,6)17(2,3)4/h7-11,13,16,19H,12H2,1-6H3/t13-,16+/m0/s1. The van der Waals surface area contributed by atoms with E-state index in [0.29, 0.717) is 0 Å². The SMILES string of the molecule is C[C@@H](C(=O)CO[Si](C)(C)C(C)(C)C)[C@@H](O)c1ccccc1. The van der Waals surface area contributed by atoms with Crippen LogP contribution in [0.4, 0.5) is 0 Å². The third kappa shape index (κ3) is 4.76. The third-order valence-electron chi connectivity index (χ3n) is 4.50. The molecule has 0 amide bonds. The summed E-state index contributed by atoms with van der Waals surface area (Å²) in [6.45, 7) is 12.5. The number of hydrogen-bond donors (Lipinski definition) is 1. The third-order valence-corrected chi connectivity index (χ3v) is 8.98. The van der Waals surface area contributed by atoms with Crippen molar-refractivity contribution in [1.29, 1.82) is 0 Å². The van der Waals surface area contributed by atoms with Gasteiger partial charge in [-0.15, -0.1) is 0 Å². The Morgan fingerprint density at radius 3 is 2.24 bits per heavy atom. The summed E-state index contributed by atoms with van der Waals surface area (Å²) in [5.41, 5.74) is 0.769. The first-order valence-corrected chi connectivity index (χ1v) is 10.4. The molecule has 1 aromatic carbocycles. The van der Waals surface area contributed by atoms with E-state index >= 15 is 0 Å². The smallest absolute Gasteiger partial charge is 0.192 e. The van der Waals surface area contributed by atoms with Crippen LogP contribution in [0, 0.1) is 5.92 Å². The Morgan fingerprint density at radius 1 is 1.24 bits per heavy atom. The first-order chi connectivity index (χ1) is 9.56. The van der Waals surface area contributed by atoms with Crippen LogP contribution in [0.1, 0.15) is 39.4 Å². The fourth-order valence-corrected chi connectivity index (χ4v) is 2.65. The molecule has 0 radical (unpaired) electrons. The average Bonchev–Trinajstić information content (AvgIpc) is 2.43. The molecule has 0 bridgehead atoms. The molecule has 2 atom stereocenters. The van der Waals surface area contributed by atoms with E-state index in [9.17, 15) is 9.90 Å². The lowest BCUT2D eigenvalue weighted by Gasteiger charge is -2.36. The number of aliphatic hydroxyl groups is 1. The largest absolute Gasteiger partial charge is 0.410 e. The summed E-state index contributed by atoms with van der Waals surface area (Å²) >= 11 is 0. The Morgan fingerprint density at radius 2 is 1.76 bits per heavy atom. The maximum absolute atomic E-state index is 12.3. The predicted octanol–water partition coefficient (Wildman–Crippen LogP) is 3.95. The van der Waals surface area contributed by atoms with Gasteiger partial charge in [0, 0.05) is 5.92 Å². The van der Waals surface area contributed by atoms with Gasteiger partial charge in [-0.05, 0) is 23.7 Å². The van der Waals surface area contributed by atoms with Crippen molar-refractivity contribution >= 4 is 14.1 Å². The van der Waals surface area contributed by atoms with Crippen molar-refractivity contribution in [3.8, 4) is 0 Å². The molecule has 0 aliphatic heterocycles. The van der Waals surface area contributed by atoms with Gasteiger partial charge in [-0.1, -0.05) is 58.0 Å². The van der Waals surface area contributed by atoms with Crippen LogP contribution in [0.2, 0.25) is 18.1 Å². The molecule has 0 unspecified atom stereocenters. The molecule has 3 nitrogen and oxygen atoms in total. The van der Waals surface area contributed by atoms with E-state index in [1.54, 1.807) is 6.92 Å². The van der Waals surface area contributed by atoms with Crippen LogP contribution in [0.25, 0.3) is 0 Å². The molecule has 0 aliphatic rings. The lowest BCUT2D eigenvalue weighted by Crippen LogP contribution is -2.42. The molecular formula is C17H28O3Si. The molecule has 1 N–H and O–H groups in total. The van der Waals surface area contributed by atoms with Crippen molar-refractivity contribution in [1.82, 2.24) is 0 Å². The monoisotopic (exact) mass is 308 g/mol. The van der Waals surface area contributed by atoms with E-state index in [1.165, 1.54) is 0 Å². The van der Waals surface area contributed by atoms with Crippen LogP contribution >= 0.6 is 0 Å². The summed E-state index contributed by atoms with van der Waals surface area (Å²) in [6.07, 6.45) is -0.776. The van der Waals surface area contributed by atoms with Crippen molar-refractivity contribution in [2.45, 2.75) is 51.9 Å². The highest BCUT2D eigenvalue weighted by atomic mass is 28.4. The first-order valence-electron chi connectivity index (χ1n) is 7.46. The Labute approximate surface area is 129 Å². The second-order valence-corrected chi connectivity index (χ2v) is 12.0. The molecule has 1 rings (SSSR count). The van der Waals surface area contributed by atoms with Gasteiger partial charge in [-0.2, -0.15) is 0 Å². The van der Waals surface area contributed by atoms with Gasteiger partial charge in [0.25, 0.3) is 0 Å². The van der Waals surface area contributed by atoms with E-state index < -0.39 is 20.3 Å². The molecule has 0 saturated carbocycles. The van der Waals surface area contributed by atoms with Gasteiger partial charge in [0.2, 0.25) is 0 Å². The number of carbonyl (C=O) groups excluding carboxylic acids is 1. The van der Waals surface area contributed by atoms with Gasteiger partial charge in [0.1, 0.15) is 0 Å². The van der Waals surface area contributed by atoms with Crippen molar-refractivity contribution in [3.63, 3.8) is 0 Å². The number of rotatable bonds is 6. The topological polar surface area (TPSA) is 46.5 Å². The van der Waals surface area contributed by atoms with Crippen molar-refractivity contribution in [2.24, 2.45) is 5.92 Å². The number of benzene rings is 1. The van der Waals surface area contributed by atoms with Gasteiger partial charge < -0.3 is 9.53 Å². The lowest BCUT2D eigenvalue weighted by molar-refractivity contribution is -0.128. The molecule has 0 saturated heterocycles. The van der Waals surface area contributed by atoms with E-state index in [1.807, 2.05) is 30.3 Å². The molecule has 118 valence electrons. The quantitative estimate of drug-likeness (QED) is 0.810. The van der Waals surface area contributed by atoms with Crippen molar-refractivity contribution in [3.05, 3.63) is 35.9 Å². The number of ketones is 1. The van der Waals surface area contributed by atoms with Gasteiger partial charge >= 0.3 is 0 Å². The van der Waals surface area contributed by atoms with Crippen LogP contribution in [0.5, 0.6) is 0 Å². The second kappa shape index (κ2) is 6.86. The molecule has 0 fully saturated rings. The molecule has 0 aliphatic carbocycles. The Kier molecular flexibility index (Phi) is 5.90. The van der Waals surface area contributed by atoms with Gasteiger partial charge in [0.15, 0.2) is 14.1 Å². The Balaban J connectivity index is 2.64. The highest BCUT2D eigenvalue weighted by Gasteiger charge is 2.38. The minimum absolute atomic E-state index is 0.0452. The maximum Gasteiger partial charge on any atom is 0.192 e. The molecule has 0 aromatic heterocycles. The summed E-state index contributed by atoms with van der Waals surface area (Å²) in [6, 6.07) is 9.29. The number of aliphatic hydroxyl groups excluding tert-OH is 1. The summed E-state index contributed by atoms with van der Waals surface area (Å²) in [5.74, 6) is -0.506. The maximum atomic E-state index is 12.3. The van der Waals surface area contributed by atoms with Crippen LogP contribution in [-0.4, -0.2) is 25.8 Å². The van der Waals surface area contributed by atoms with Crippen molar-refractivity contribution in [2.75, 3.05) is 6.61 Å². The highest BCUT2D eigenvalue weighted by Crippen LogP contribution is 2.36. The molecule has 1 aromatic rings. The number of Topliss-reactive ketones (excluding diaryl/α,β-unsaturated/α-hetero) is 1. The fourth-order valence-electron chi connectivity index (χ4n) is 1.71. The normalized spacial score (nSPS) is 15.6. The minimum Gasteiger partial charge on any atom is -0.410 e. The zero-order valence-corrected chi connectivity index (χ0v) is 15.0. The van der Waals surface area contributed by atoms with E-state index in [4.69, 9.17) is 4.43 Å². The lowest BCUT2D eigenvalue weighted by atomic mass is 9.94.